The molecule has 0 amide bonds. The molecule has 1 aromatic carbocycles. The van der Waals surface area contributed by atoms with Gasteiger partial charge in [0.05, 0.1) is 21.4 Å². The molecule has 2 unspecified atom stereocenters. The number of hydrogen-bond acceptors (Lipinski definition) is 5. The number of hydrogen-bond donors (Lipinski definition) is 1. The lowest BCUT2D eigenvalue weighted by Crippen LogP contribution is -2.38. The van der Waals surface area contributed by atoms with Gasteiger partial charge in [-0.05, 0) is 25.5 Å². The minimum absolute atomic E-state index is 0.127. The van der Waals surface area contributed by atoms with E-state index in [1.165, 1.54) is 13.0 Å². The maximum atomic E-state index is 13.3. The van der Waals surface area contributed by atoms with Crippen molar-refractivity contribution in [2.45, 2.75) is 48.4 Å². The number of benzene rings is 1. The highest BCUT2D eigenvalue weighted by molar-refractivity contribution is 7.92. The Hall–Kier alpha value is -2.77. The van der Waals surface area contributed by atoms with Crippen LogP contribution in [0.4, 0.5) is 32.2 Å². The molecule has 0 saturated carbocycles. The third-order valence-electron chi connectivity index (χ3n) is 4.99. The zero-order valence-corrected chi connectivity index (χ0v) is 17.2. The lowest BCUT2D eigenvalue weighted by molar-refractivity contribution is -0.142. The van der Waals surface area contributed by atoms with Gasteiger partial charge in [0.2, 0.25) is 0 Å². The van der Waals surface area contributed by atoms with Crippen LogP contribution in [0.1, 0.15) is 17.7 Å². The fourth-order valence-electron chi connectivity index (χ4n) is 3.69. The molecule has 1 aromatic heterocycles. The third-order valence-corrected chi connectivity index (χ3v) is 7.18. The van der Waals surface area contributed by atoms with E-state index in [0.717, 1.165) is 23.1 Å². The van der Waals surface area contributed by atoms with Crippen LogP contribution < -0.4 is 4.90 Å². The molecular formula is C18H17F6N3O4S. The summed E-state index contributed by atoms with van der Waals surface area (Å²) in [7, 11) is -4.68. The monoisotopic (exact) mass is 485 g/mol. The van der Waals surface area contributed by atoms with E-state index in [9.17, 15) is 44.7 Å². The van der Waals surface area contributed by atoms with Gasteiger partial charge in [-0.1, -0.05) is 12.1 Å². The van der Waals surface area contributed by atoms with E-state index in [1.54, 1.807) is 0 Å². The highest BCUT2D eigenvalue weighted by Gasteiger charge is 2.47. The van der Waals surface area contributed by atoms with E-state index < -0.39 is 69.4 Å². The Bertz CT molecular complexity index is 1130. The van der Waals surface area contributed by atoms with Crippen molar-refractivity contribution in [3.63, 3.8) is 0 Å². The Balaban J connectivity index is 2.03. The molecule has 0 radical (unpaired) electrons. The number of halogens is 6. The molecule has 1 N–H and O–H groups in total. The smallest absolute Gasteiger partial charge is 0.417 e. The molecule has 0 aliphatic carbocycles. The van der Waals surface area contributed by atoms with Gasteiger partial charge in [0, 0.05) is 12.6 Å². The number of aryl methyl sites for hydroxylation is 1. The van der Waals surface area contributed by atoms with Crippen molar-refractivity contribution >= 4 is 21.6 Å². The number of carbonyl (C=O) groups is 1. The van der Waals surface area contributed by atoms with Gasteiger partial charge >= 0.3 is 18.3 Å². The number of carboxylic acids is 1. The molecule has 7 nitrogen and oxygen atoms in total. The fraction of sp³-hybridized carbons (Fsp3) is 0.444. The van der Waals surface area contributed by atoms with Crippen molar-refractivity contribution in [2.24, 2.45) is 0 Å². The summed E-state index contributed by atoms with van der Waals surface area (Å²) in [5, 5.41) is 11.6. The Morgan fingerprint density at radius 2 is 1.81 bits per heavy atom. The molecule has 0 spiro atoms. The van der Waals surface area contributed by atoms with E-state index in [4.69, 9.17) is 0 Å². The highest BCUT2D eigenvalue weighted by atomic mass is 32.2. The number of aliphatic carboxylic acids is 1. The van der Waals surface area contributed by atoms with Gasteiger partial charge in [-0.25, -0.2) is 17.9 Å². The van der Waals surface area contributed by atoms with Crippen LogP contribution in [0, 0.1) is 6.92 Å². The first-order valence-corrected chi connectivity index (χ1v) is 10.7. The topological polar surface area (TPSA) is 92.5 Å². The molecule has 32 heavy (non-hydrogen) atoms. The molecule has 2 atom stereocenters. The SMILES string of the molecule is Cc1cc(N2CC(S(=O)(=O)c3ccccc3C(F)(F)F)CC2C(=O)O)n(CC(F)(F)F)n1. The lowest BCUT2D eigenvalue weighted by atomic mass is 10.2. The van der Waals surface area contributed by atoms with Gasteiger partial charge in [0.15, 0.2) is 9.84 Å². The minimum atomic E-state index is -4.98. The number of alkyl halides is 6. The third kappa shape index (κ3) is 4.69. The van der Waals surface area contributed by atoms with Crippen LogP contribution in [0.5, 0.6) is 0 Å². The molecule has 14 heteroatoms. The number of nitrogens with zero attached hydrogens (tertiary/aromatic N) is 3. The van der Waals surface area contributed by atoms with Gasteiger partial charge in [0.1, 0.15) is 18.4 Å². The average molecular weight is 485 g/mol. The first-order valence-electron chi connectivity index (χ1n) is 9.12. The zero-order valence-electron chi connectivity index (χ0n) is 16.4. The van der Waals surface area contributed by atoms with Crippen molar-refractivity contribution in [2.75, 3.05) is 11.4 Å². The summed E-state index contributed by atoms with van der Waals surface area (Å²) in [6.45, 7) is -0.794. The largest absolute Gasteiger partial charge is 0.480 e. The normalized spacial score (nSPS) is 20.0. The first kappa shape index (κ1) is 23.9. The number of anilines is 1. The van der Waals surface area contributed by atoms with Crippen molar-refractivity contribution in [3.8, 4) is 0 Å². The summed E-state index contributed by atoms with van der Waals surface area (Å²) >= 11 is 0. The molecule has 1 saturated heterocycles. The van der Waals surface area contributed by atoms with Crippen molar-refractivity contribution in [3.05, 3.63) is 41.6 Å². The van der Waals surface area contributed by atoms with Crippen molar-refractivity contribution < 1.29 is 44.7 Å². The summed E-state index contributed by atoms with van der Waals surface area (Å²) in [5.41, 5.74) is -1.27. The van der Waals surface area contributed by atoms with Gasteiger partial charge in [-0.3, -0.25) is 0 Å². The van der Waals surface area contributed by atoms with E-state index >= 15 is 0 Å². The average Bonchev–Trinajstić information content (AvgIpc) is 3.23. The van der Waals surface area contributed by atoms with Crippen LogP contribution in [0.3, 0.4) is 0 Å². The van der Waals surface area contributed by atoms with Gasteiger partial charge < -0.3 is 10.0 Å². The predicted molar refractivity (Wildman–Crippen MR) is 98.8 cm³/mol. The van der Waals surface area contributed by atoms with Crippen LogP contribution in [-0.2, 0) is 27.4 Å². The van der Waals surface area contributed by atoms with Crippen molar-refractivity contribution in [1.82, 2.24) is 9.78 Å². The maximum absolute atomic E-state index is 13.3. The van der Waals surface area contributed by atoms with Gasteiger partial charge in [0.25, 0.3) is 0 Å². The van der Waals surface area contributed by atoms with E-state index in [0.29, 0.717) is 10.7 Å². The molecule has 2 aromatic rings. The Morgan fingerprint density at radius 3 is 2.38 bits per heavy atom. The number of rotatable bonds is 5. The second-order valence-electron chi connectivity index (χ2n) is 7.32. The maximum Gasteiger partial charge on any atom is 0.417 e. The van der Waals surface area contributed by atoms with Crippen LogP contribution in [0.2, 0.25) is 0 Å². The van der Waals surface area contributed by atoms with E-state index in [-0.39, 0.29) is 11.5 Å². The van der Waals surface area contributed by atoms with Crippen LogP contribution in [0.25, 0.3) is 0 Å². The van der Waals surface area contributed by atoms with Crippen LogP contribution in [0.15, 0.2) is 35.2 Å². The Morgan fingerprint density at radius 1 is 1.19 bits per heavy atom. The minimum Gasteiger partial charge on any atom is -0.480 e. The van der Waals surface area contributed by atoms with Crippen LogP contribution in [-0.4, -0.2) is 53.3 Å². The summed E-state index contributed by atoms with van der Waals surface area (Å²) in [6.07, 6.45) is -10.3. The molecule has 3 rings (SSSR count). The number of aromatic nitrogens is 2. The second-order valence-corrected chi connectivity index (χ2v) is 9.52. The first-order chi connectivity index (χ1) is 14.6. The quantitative estimate of drug-likeness (QED) is 0.654. The summed E-state index contributed by atoms with van der Waals surface area (Å²) in [4.78, 5) is 11.7. The lowest BCUT2D eigenvalue weighted by Gasteiger charge is -2.24. The molecule has 0 bridgehead atoms. The van der Waals surface area contributed by atoms with Crippen LogP contribution >= 0.6 is 0 Å². The van der Waals surface area contributed by atoms with Gasteiger partial charge in [-0.2, -0.15) is 31.4 Å². The molecule has 2 heterocycles. The number of sulfone groups is 1. The molecule has 1 aliphatic rings. The van der Waals surface area contributed by atoms with E-state index in [1.807, 2.05) is 0 Å². The Labute approximate surface area is 178 Å². The fourth-order valence-corrected chi connectivity index (χ4v) is 5.60. The predicted octanol–water partition coefficient (Wildman–Crippen LogP) is 3.28. The van der Waals surface area contributed by atoms with Gasteiger partial charge in [-0.15, -0.1) is 0 Å². The Kier molecular flexibility index (Phi) is 5.95. The second kappa shape index (κ2) is 7.98. The standard InChI is InChI=1S/C18H17F6N3O4S/c1-10-6-15(27(25-10)9-17(19,20)21)26-8-11(7-13(26)16(28)29)32(30,31)14-5-3-2-4-12(14)18(22,23)24/h2-6,11,13H,7-9H2,1H3,(H,28,29). The molecule has 1 fully saturated rings. The zero-order chi connectivity index (χ0) is 24.1. The number of carboxylic acid groups (broad SMARTS) is 1. The van der Waals surface area contributed by atoms with Crippen molar-refractivity contribution in [1.29, 1.82) is 0 Å². The molecule has 1 aliphatic heterocycles. The summed E-state index contributed by atoms with van der Waals surface area (Å²) < 4.78 is 105. The summed E-state index contributed by atoms with van der Waals surface area (Å²) in [6, 6.07) is 3.08. The molecule has 176 valence electrons. The molecular weight excluding hydrogens is 468 g/mol. The van der Waals surface area contributed by atoms with E-state index in [2.05, 4.69) is 5.10 Å². The highest BCUT2D eigenvalue weighted by Crippen LogP contribution is 2.38. The summed E-state index contributed by atoms with van der Waals surface area (Å²) in [5.74, 6) is -1.81.